The second-order valence-electron chi connectivity index (χ2n) is 5.93. The lowest BCUT2D eigenvalue weighted by molar-refractivity contribution is 0.131. The summed E-state index contributed by atoms with van der Waals surface area (Å²) in [7, 11) is 3.97. The smallest absolute Gasteiger partial charge is 0.136 e. The van der Waals surface area contributed by atoms with E-state index in [2.05, 4.69) is 27.2 Å². The van der Waals surface area contributed by atoms with E-state index in [1.54, 1.807) is 0 Å². The third-order valence-electron chi connectivity index (χ3n) is 3.94. The van der Waals surface area contributed by atoms with E-state index in [0.717, 1.165) is 43.1 Å². The van der Waals surface area contributed by atoms with Crippen molar-refractivity contribution in [2.24, 2.45) is 5.92 Å². The number of rotatable bonds is 8. The van der Waals surface area contributed by atoms with Gasteiger partial charge in [-0.2, -0.15) is 0 Å². The van der Waals surface area contributed by atoms with Crippen LogP contribution in [0.4, 0.5) is 11.6 Å². The van der Waals surface area contributed by atoms with Crippen LogP contribution >= 0.6 is 0 Å². The predicted octanol–water partition coefficient (Wildman–Crippen LogP) is 2.26. The van der Waals surface area contributed by atoms with Gasteiger partial charge in [0, 0.05) is 39.2 Å². The third kappa shape index (κ3) is 3.60. The van der Waals surface area contributed by atoms with Gasteiger partial charge in [0.05, 0.1) is 6.61 Å². The molecular formula is C15H24N4O. The topological polar surface area (TPSA) is 50.3 Å². The lowest BCUT2D eigenvalue weighted by atomic mass is 10.3. The fraction of sp³-hybridized carbons (Fsp3) is 0.733. The molecule has 0 aliphatic heterocycles. The van der Waals surface area contributed by atoms with E-state index in [0.29, 0.717) is 5.92 Å². The number of hydrogen-bond acceptors (Lipinski definition) is 5. The highest BCUT2D eigenvalue weighted by atomic mass is 16.5. The van der Waals surface area contributed by atoms with Gasteiger partial charge in [-0.1, -0.05) is 0 Å². The maximum atomic E-state index is 5.70. The van der Waals surface area contributed by atoms with Crippen molar-refractivity contribution >= 4 is 11.6 Å². The minimum Gasteiger partial charge on any atom is -0.379 e. The molecule has 0 saturated heterocycles. The van der Waals surface area contributed by atoms with Gasteiger partial charge in [0.25, 0.3) is 0 Å². The normalized spacial score (nSPS) is 18.1. The molecule has 0 unspecified atom stereocenters. The van der Waals surface area contributed by atoms with Crippen molar-refractivity contribution in [3.05, 3.63) is 11.9 Å². The Kier molecular flexibility index (Phi) is 4.05. The molecule has 110 valence electrons. The monoisotopic (exact) mass is 276 g/mol. The van der Waals surface area contributed by atoms with Crippen LogP contribution in [0.15, 0.2) is 6.07 Å². The molecule has 2 saturated carbocycles. The highest BCUT2D eigenvalue weighted by Gasteiger charge is 2.27. The first-order chi connectivity index (χ1) is 9.76. The summed E-state index contributed by atoms with van der Waals surface area (Å²) in [5, 5.41) is 3.13. The van der Waals surface area contributed by atoms with Gasteiger partial charge < -0.3 is 15.0 Å². The van der Waals surface area contributed by atoms with E-state index < -0.39 is 0 Å². The molecule has 0 radical (unpaired) electrons. The fourth-order valence-corrected chi connectivity index (χ4v) is 2.15. The molecule has 20 heavy (non-hydrogen) atoms. The zero-order valence-electron chi connectivity index (χ0n) is 12.4. The summed E-state index contributed by atoms with van der Waals surface area (Å²) in [5.74, 6) is 4.28. The van der Waals surface area contributed by atoms with Crippen LogP contribution in [0.5, 0.6) is 0 Å². The summed E-state index contributed by atoms with van der Waals surface area (Å²) in [5.41, 5.74) is 0. The van der Waals surface area contributed by atoms with Crippen LogP contribution in [-0.2, 0) is 4.74 Å². The van der Waals surface area contributed by atoms with Crippen molar-refractivity contribution < 1.29 is 4.74 Å². The average molecular weight is 276 g/mol. The molecule has 1 heterocycles. The van der Waals surface area contributed by atoms with Crippen molar-refractivity contribution in [3.63, 3.8) is 0 Å². The first-order valence-corrected chi connectivity index (χ1v) is 7.62. The Morgan fingerprint density at radius 3 is 2.75 bits per heavy atom. The maximum absolute atomic E-state index is 5.70. The molecular weight excluding hydrogens is 252 g/mol. The molecule has 5 nitrogen and oxygen atoms in total. The van der Waals surface area contributed by atoms with E-state index in [9.17, 15) is 0 Å². The van der Waals surface area contributed by atoms with Crippen LogP contribution in [0.25, 0.3) is 0 Å². The Hall–Kier alpha value is -1.36. The van der Waals surface area contributed by atoms with Gasteiger partial charge in [0.2, 0.25) is 0 Å². The van der Waals surface area contributed by atoms with Crippen LogP contribution in [0.3, 0.4) is 0 Å². The van der Waals surface area contributed by atoms with Crippen LogP contribution in [-0.4, -0.2) is 43.8 Å². The molecule has 0 spiro atoms. The zero-order valence-corrected chi connectivity index (χ0v) is 12.4. The molecule has 5 heteroatoms. The van der Waals surface area contributed by atoms with Gasteiger partial charge in [-0.3, -0.25) is 0 Å². The number of nitrogens with one attached hydrogen (secondary N) is 1. The molecule has 3 rings (SSSR count). The number of likely N-dealkylation sites (N-methyl/N-ethyl adjacent to an activating group) is 1. The van der Waals surface area contributed by atoms with Gasteiger partial charge in [-0.25, -0.2) is 9.97 Å². The first kappa shape index (κ1) is 13.6. The number of aromatic nitrogens is 2. The summed E-state index contributed by atoms with van der Waals surface area (Å²) in [6.07, 6.45) is 5.14. The summed E-state index contributed by atoms with van der Waals surface area (Å²) in [6.45, 7) is 2.56. The van der Waals surface area contributed by atoms with Gasteiger partial charge >= 0.3 is 0 Å². The van der Waals surface area contributed by atoms with E-state index in [1.807, 2.05) is 13.1 Å². The zero-order chi connectivity index (χ0) is 13.9. The van der Waals surface area contributed by atoms with Gasteiger partial charge in [0.15, 0.2) is 0 Å². The summed E-state index contributed by atoms with van der Waals surface area (Å²) in [4.78, 5) is 11.4. The third-order valence-corrected chi connectivity index (χ3v) is 3.94. The molecule has 2 aliphatic carbocycles. The highest BCUT2D eigenvalue weighted by Crippen LogP contribution is 2.39. The number of anilines is 2. The standard InChI is InChI=1S/C15H24N4O/c1-16-13-9-14(18-15(17-13)12-5-6-12)19(2)7-8-20-10-11-3-4-11/h9,11-12H,3-8,10H2,1-2H3,(H,16,17,18). The summed E-state index contributed by atoms with van der Waals surface area (Å²) >= 11 is 0. The quantitative estimate of drug-likeness (QED) is 0.738. The molecule has 0 atom stereocenters. The molecule has 1 aromatic heterocycles. The van der Waals surface area contributed by atoms with Crippen molar-refractivity contribution in [3.8, 4) is 0 Å². The van der Waals surface area contributed by atoms with Crippen molar-refractivity contribution in [2.75, 3.05) is 44.1 Å². The lowest BCUT2D eigenvalue weighted by Gasteiger charge is -2.19. The van der Waals surface area contributed by atoms with Crippen molar-refractivity contribution in [1.29, 1.82) is 0 Å². The Balaban J connectivity index is 1.57. The average Bonchev–Trinajstić information content (AvgIpc) is 3.35. The molecule has 0 amide bonds. The largest absolute Gasteiger partial charge is 0.379 e. The van der Waals surface area contributed by atoms with Crippen LogP contribution in [0.2, 0.25) is 0 Å². The first-order valence-electron chi connectivity index (χ1n) is 7.62. The fourth-order valence-electron chi connectivity index (χ4n) is 2.15. The van der Waals surface area contributed by atoms with Gasteiger partial charge in [-0.05, 0) is 31.6 Å². The molecule has 2 aliphatic rings. The lowest BCUT2D eigenvalue weighted by Crippen LogP contribution is -2.24. The van der Waals surface area contributed by atoms with Crippen LogP contribution in [0.1, 0.15) is 37.4 Å². The number of hydrogen-bond donors (Lipinski definition) is 1. The molecule has 1 aromatic rings. The minimum absolute atomic E-state index is 0.571. The SMILES string of the molecule is CNc1cc(N(C)CCOCC2CC2)nc(C2CC2)n1. The van der Waals surface area contributed by atoms with Gasteiger partial charge in [-0.15, -0.1) is 0 Å². The second kappa shape index (κ2) is 5.95. The van der Waals surface area contributed by atoms with Crippen LogP contribution in [0, 0.1) is 5.92 Å². The Labute approximate surface area is 120 Å². The molecule has 1 N–H and O–H groups in total. The number of ether oxygens (including phenoxy) is 1. The second-order valence-corrected chi connectivity index (χ2v) is 5.93. The maximum Gasteiger partial charge on any atom is 0.136 e. The molecule has 0 aromatic carbocycles. The van der Waals surface area contributed by atoms with E-state index in [4.69, 9.17) is 4.74 Å². The molecule has 2 fully saturated rings. The van der Waals surface area contributed by atoms with Gasteiger partial charge in [0.1, 0.15) is 17.5 Å². The van der Waals surface area contributed by atoms with E-state index in [1.165, 1.54) is 25.7 Å². The van der Waals surface area contributed by atoms with E-state index in [-0.39, 0.29) is 0 Å². The number of nitrogens with zero attached hydrogens (tertiary/aromatic N) is 3. The predicted molar refractivity (Wildman–Crippen MR) is 80.4 cm³/mol. The van der Waals surface area contributed by atoms with Crippen molar-refractivity contribution in [2.45, 2.75) is 31.6 Å². The molecule has 0 bridgehead atoms. The Bertz CT molecular complexity index is 457. The summed E-state index contributed by atoms with van der Waals surface area (Å²) in [6, 6.07) is 2.01. The Morgan fingerprint density at radius 2 is 2.10 bits per heavy atom. The highest BCUT2D eigenvalue weighted by molar-refractivity contribution is 5.49. The minimum atomic E-state index is 0.571. The van der Waals surface area contributed by atoms with Crippen molar-refractivity contribution in [1.82, 2.24) is 9.97 Å². The summed E-state index contributed by atoms with van der Waals surface area (Å²) < 4.78 is 5.70. The van der Waals surface area contributed by atoms with Crippen LogP contribution < -0.4 is 10.2 Å². The Morgan fingerprint density at radius 1 is 1.30 bits per heavy atom. The van der Waals surface area contributed by atoms with E-state index >= 15 is 0 Å².